The van der Waals surface area contributed by atoms with Gasteiger partial charge in [-0.3, -0.25) is 5.32 Å². The second kappa shape index (κ2) is 6.95. The van der Waals surface area contributed by atoms with E-state index in [4.69, 9.17) is 0 Å². The van der Waals surface area contributed by atoms with Gasteiger partial charge in [0.25, 0.3) is 0 Å². The number of nitrogens with one attached hydrogen (secondary N) is 2. The lowest BCUT2D eigenvalue weighted by Gasteiger charge is -2.29. The first-order valence-electron chi connectivity index (χ1n) is 7.83. The second-order valence-corrected chi connectivity index (χ2v) is 6.99. The van der Waals surface area contributed by atoms with Gasteiger partial charge < -0.3 is 10.2 Å². The highest BCUT2D eigenvalue weighted by atomic mass is 32.1. The van der Waals surface area contributed by atoms with Crippen LogP contribution in [0.3, 0.4) is 0 Å². The quantitative estimate of drug-likeness (QED) is 0.899. The van der Waals surface area contributed by atoms with Crippen molar-refractivity contribution in [2.24, 2.45) is 5.92 Å². The van der Waals surface area contributed by atoms with E-state index in [1.807, 2.05) is 31.2 Å². The maximum atomic E-state index is 12.0. The van der Waals surface area contributed by atoms with Crippen LogP contribution in [0.4, 0.5) is 20.7 Å². The van der Waals surface area contributed by atoms with Crippen molar-refractivity contribution in [3.05, 3.63) is 29.8 Å². The van der Waals surface area contributed by atoms with Crippen molar-refractivity contribution in [2.45, 2.75) is 26.7 Å². The zero-order valence-corrected chi connectivity index (χ0v) is 14.2. The van der Waals surface area contributed by atoms with Crippen molar-refractivity contribution in [2.75, 3.05) is 28.6 Å². The molecule has 0 radical (unpaired) electrons. The zero-order chi connectivity index (χ0) is 16.2. The van der Waals surface area contributed by atoms with E-state index >= 15 is 0 Å². The largest absolute Gasteiger partial charge is 0.346 e. The van der Waals surface area contributed by atoms with Gasteiger partial charge >= 0.3 is 6.03 Å². The van der Waals surface area contributed by atoms with Crippen LogP contribution < -0.4 is 15.5 Å². The van der Waals surface area contributed by atoms with Gasteiger partial charge in [-0.1, -0.05) is 30.4 Å². The van der Waals surface area contributed by atoms with Gasteiger partial charge in [0.2, 0.25) is 10.3 Å². The summed E-state index contributed by atoms with van der Waals surface area (Å²) in [5.74, 6) is 0.675. The van der Waals surface area contributed by atoms with E-state index in [9.17, 15) is 4.79 Å². The van der Waals surface area contributed by atoms with E-state index < -0.39 is 0 Å². The Bertz CT molecular complexity index is 687. The third-order valence-electron chi connectivity index (χ3n) is 3.84. The number of carbonyl (C=O) groups excluding carboxylic acids is 1. The Kier molecular flexibility index (Phi) is 4.76. The van der Waals surface area contributed by atoms with Gasteiger partial charge in [-0.2, -0.15) is 0 Å². The van der Waals surface area contributed by atoms with Gasteiger partial charge in [0.05, 0.1) is 0 Å². The molecule has 0 aliphatic carbocycles. The third-order valence-corrected chi connectivity index (χ3v) is 4.74. The molecule has 1 atom stereocenters. The summed E-state index contributed by atoms with van der Waals surface area (Å²) in [6.07, 6.45) is 2.44. The number of hydrogen-bond donors (Lipinski definition) is 2. The lowest BCUT2D eigenvalue weighted by molar-refractivity contribution is 0.262. The summed E-state index contributed by atoms with van der Waals surface area (Å²) in [5.41, 5.74) is 1.86. The molecule has 2 amide bonds. The van der Waals surface area contributed by atoms with Crippen molar-refractivity contribution in [3.63, 3.8) is 0 Å². The molecule has 2 aromatic rings. The minimum Gasteiger partial charge on any atom is -0.346 e. The molecule has 6 nitrogen and oxygen atoms in total. The van der Waals surface area contributed by atoms with Crippen molar-refractivity contribution in [3.8, 4) is 0 Å². The highest BCUT2D eigenvalue weighted by molar-refractivity contribution is 7.19. The Labute approximate surface area is 139 Å². The Morgan fingerprint density at radius 1 is 1.35 bits per heavy atom. The van der Waals surface area contributed by atoms with Gasteiger partial charge in [-0.15, -0.1) is 10.2 Å². The molecule has 3 rings (SSSR count). The van der Waals surface area contributed by atoms with E-state index in [1.165, 1.54) is 24.2 Å². The Morgan fingerprint density at radius 3 is 3.00 bits per heavy atom. The average Bonchev–Trinajstić information content (AvgIpc) is 2.95. The number of benzene rings is 1. The van der Waals surface area contributed by atoms with Crippen LogP contribution >= 0.6 is 11.3 Å². The lowest BCUT2D eigenvalue weighted by atomic mass is 10.0. The number of aryl methyl sites for hydroxylation is 1. The minimum absolute atomic E-state index is 0.301. The summed E-state index contributed by atoms with van der Waals surface area (Å²) < 4.78 is 0. The second-order valence-electron chi connectivity index (χ2n) is 6.03. The van der Waals surface area contributed by atoms with Gasteiger partial charge in [0.1, 0.15) is 0 Å². The van der Waals surface area contributed by atoms with E-state index in [2.05, 4.69) is 32.7 Å². The number of amides is 2. The summed E-state index contributed by atoms with van der Waals surface area (Å²) in [4.78, 5) is 14.3. The predicted molar refractivity (Wildman–Crippen MR) is 94.3 cm³/mol. The van der Waals surface area contributed by atoms with Gasteiger partial charge in [0.15, 0.2) is 0 Å². The Morgan fingerprint density at radius 2 is 2.22 bits per heavy atom. The van der Waals surface area contributed by atoms with Crippen molar-refractivity contribution >= 4 is 33.3 Å². The number of urea groups is 1. The van der Waals surface area contributed by atoms with E-state index in [0.717, 1.165) is 29.5 Å². The Hall–Kier alpha value is -2.15. The molecule has 1 fully saturated rings. The standard InChI is InChI=1S/C16H21N5OS/c1-11-5-3-7-13(9-11)17-14(22)18-15-19-20-16(23-15)21-8-4-6-12(2)10-21/h3,5,7,9,12H,4,6,8,10H2,1-2H3,(H2,17,18,19,22)/t12-/m0/s1. The first-order valence-corrected chi connectivity index (χ1v) is 8.65. The number of anilines is 3. The topological polar surface area (TPSA) is 70.1 Å². The first kappa shape index (κ1) is 15.7. The van der Waals surface area contributed by atoms with Gasteiger partial charge in [0, 0.05) is 18.8 Å². The molecule has 2 N–H and O–H groups in total. The molecule has 1 aromatic carbocycles. The molecule has 0 saturated carbocycles. The fraction of sp³-hybridized carbons (Fsp3) is 0.438. The molecule has 1 saturated heterocycles. The van der Waals surface area contributed by atoms with Crippen LogP contribution in [0.5, 0.6) is 0 Å². The summed E-state index contributed by atoms with van der Waals surface area (Å²) >= 11 is 1.42. The molecule has 122 valence electrons. The van der Waals surface area contributed by atoms with E-state index in [0.29, 0.717) is 11.0 Å². The molecule has 23 heavy (non-hydrogen) atoms. The minimum atomic E-state index is -0.301. The number of rotatable bonds is 3. The monoisotopic (exact) mass is 331 g/mol. The van der Waals surface area contributed by atoms with Crippen LogP contribution in [0.1, 0.15) is 25.3 Å². The van der Waals surface area contributed by atoms with Crippen LogP contribution in [0.2, 0.25) is 0 Å². The molecule has 1 aliphatic heterocycles. The SMILES string of the molecule is Cc1cccc(NC(=O)Nc2nnc(N3CCC[C@H](C)C3)s2)c1. The summed E-state index contributed by atoms with van der Waals surface area (Å²) in [6, 6.07) is 7.36. The first-order chi connectivity index (χ1) is 11.1. The summed E-state index contributed by atoms with van der Waals surface area (Å²) in [5, 5.41) is 15.2. The smallest absolute Gasteiger partial charge is 0.325 e. The highest BCUT2D eigenvalue weighted by Gasteiger charge is 2.20. The predicted octanol–water partition coefficient (Wildman–Crippen LogP) is 3.73. The van der Waals surface area contributed by atoms with Crippen LogP contribution in [-0.4, -0.2) is 29.3 Å². The molecule has 1 aliphatic rings. The maximum absolute atomic E-state index is 12.0. The van der Waals surface area contributed by atoms with Gasteiger partial charge in [-0.05, 0) is 43.4 Å². The van der Waals surface area contributed by atoms with Crippen LogP contribution in [0.15, 0.2) is 24.3 Å². The number of aromatic nitrogens is 2. The molecular weight excluding hydrogens is 310 g/mol. The fourth-order valence-electron chi connectivity index (χ4n) is 2.74. The highest BCUT2D eigenvalue weighted by Crippen LogP contribution is 2.28. The summed E-state index contributed by atoms with van der Waals surface area (Å²) in [7, 11) is 0. The fourth-order valence-corrected chi connectivity index (χ4v) is 3.51. The van der Waals surface area contributed by atoms with Crippen molar-refractivity contribution in [1.82, 2.24) is 10.2 Å². The summed E-state index contributed by atoms with van der Waals surface area (Å²) in [6.45, 7) is 6.25. The molecule has 0 bridgehead atoms. The number of carbonyl (C=O) groups is 1. The maximum Gasteiger partial charge on any atom is 0.325 e. The van der Waals surface area contributed by atoms with Crippen molar-refractivity contribution < 1.29 is 4.79 Å². The molecular formula is C16H21N5OS. The van der Waals surface area contributed by atoms with Gasteiger partial charge in [-0.25, -0.2) is 4.79 Å². The van der Waals surface area contributed by atoms with E-state index in [1.54, 1.807) is 0 Å². The third kappa shape index (κ3) is 4.19. The zero-order valence-electron chi connectivity index (χ0n) is 13.4. The average molecular weight is 331 g/mol. The van der Waals surface area contributed by atoms with Crippen LogP contribution in [0.25, 0.3) is 0 Å². The molecule has 2 heterocycles. The van der Waals surface area contributed by atoms with Crippen LogP contribution in [0, 0.1) is 12.8 Å². The molecule has 7 heteroatoms. The lowest BCUT2D eigenvalue weighted by Crippen LogP contribution is -2.34. The van der Waals surface area contributed by atoms with Crippen molar-refractivity contribution in [1.29, 1.82) is 0 Å². The molecule has 0 spiro atoms. The number of piperidine rings is 1. The Balaban J connectivity index is 1.59. The van der Waals surface area contributed by atoms with E-state index in [-0.39, 0.29) is 6.03 Å². The van der Waals surface area contributed by atoms with Crippen LogP contribution in [-0.2, 0) is 0 Å². The normalized spacial score (nSPS) is 17.8. The molecule has 0 unspecified atom stereocenters. The molecule has 1 aromatic heterocycles. The number of hydrogen-bond acceptors (Lipinski definition) is 5. The number of nitrogens with zero attached hydrogens (tertiary/aromatic N) is 3.